The van der Waals surface area contributed by atoms with Gasteiger partial charge in [-0.25, -0.2) is 0 Å². The minimum absolute atomic E-state index is 0.406. The van der Waals surface area contributed by atoms with E-state index in [9.17, 15) is 5.11 Å². The van der Waals surface area contributed by atoms with Gasteiger partial charge in [-0.2, -0.15) is 0 Å². The van der Waals surface area contributed by atoms with Crippen LogP contribution in [0, 0.1) is 0 Å². The van der Waals surface area contributed by atoms with Crippen molar-refractivity contribution in [2.45, 2.75) is 25.9 Å². The van der Waals surface area contributed by atoms with Crippen molar-refractivity contribution in [1.82, 2.24) is 0 Å². The van der Waals surface area contributed by atoms with Crippen molar-refractivity contribution >= 4 is 15.9 Å². The van der Waals surface area contributed by atoms with Gasteiger partial charge >= 0.3 is 0 Å². The Labute approximate surface area is 117 Å². The van der Waals surface area contributed by atoms with E-state index >= 15 is 0 Å². The lowest BCUT2D eigenvalue weighted by atomic mass is 9.91. The highest BCUT2D eigenvalue weighted by Gasteiger charge is 2.15. The van der Waals surface area contributed by atoms with Crippen LogP contribution in [0.4, 0.5) is 0 Å². The van der Waals surface area contributed by atoms with Gasteiger partial charge < -0.3 is 5.11 Å². The SMILES string of the molecule is CC(C)c1ccccc1[C@H](O)c1cccc(Br)c1. The normalized spacial score (nSPS) is 12.7. The predicted octanol–water partition coefficient (Wildman–Crippen LogP) is 4.65. The second-order valence-electron chi connectivity index (χ2n) is 4.74. The largest absolute Gasteiger partial charge is 0.384 e. The molecule has 0 saturated heterocycles. The summed E-state index contributed by atoms with van der Waals surface area (Å²) in [6, 6.07) is 15.9. The maximum Gasteiger partial charge on any atom is 0.104 e. The summed E-state index contributed by atoms with van der Waals surface area (Å²) in [5.74, 6) is 0.406. The van der Waals surface area contributed by atoms with E-state index in [1.54, 1.807) is 0 Å². The lowest BCUT2D eigenvalue weighted by Gasteiger charge is -2.18. The van der Waals surface area contributed by atoms with E-state index < -0.39 is 6.10 Å². The van der Waals surface area contributed by atoms with Crippen LogP contribution in [0.1, 0.15) is 42.6 Å². The summed E-state index contributed by atoms with van der Waals surface area (Å²) in [7, 11) is 0. The maximum atomic E-state index is 10.5. The number of halogens is 1. The number of aliphatic hydroxyl groups excluding tert-OH is 1. The Morgan fingerprint density at radius 3 is 2.22 bits per heavy atom. The third-order valence-electron chi connectivity index (χ3n) is 3.08. The average molecular weight is 305 g/mol. The Hall–Kier alpha value is -1.12. The average Bonchev–Trinajstić information content (AvgIpc) is 2.38. The fourth-order valence-electron chi connectivity index (χ4n) is 2.14. The summed E-state index contributed by atoms with van der Waals surface area (Å²) >= 11 is 3.44. The van der Waals surface area contributed by atoms with Crippen molar-refractivity contribution in [2.75, 3.05) is 0 Å². The van der Waals surface area contributed by atoms with Crippen LogP contribution in [0.3, 0.4) is 0 Å². The van der Waals surface area contributed by atoms with Gasteiger partial charge in [0.15, 0.2) is 0 Å². The second kappa shape index (κ2) is 5.68. The van der Waals surface area contributed by atoms with Crippen LogP contribution in [-0.4, -0.2) is 5.11 Å². The highest BCUT2D eigenvalue weighted by atomic mass is 79.9. The smallest absolute Gasteiger partial charge is 0.104 e. The van der Waals surface area contributed by atoms with E-state index in [0.29, 0.717) is 5.92 Å². The van der Waals surface area contributed by atoms with Crippen LogP contribution in [0.25, 0.3) is 0 Å². The van der Waals surface area contributed by atoms with Gasteiger partial charge in [0.25, 0.3) is 0 Å². The number of hydrogen-bond donors (Lipinski definition) is 1. The molecule has 2 aromatic rings. The number of hydrogen-bond acceptors (Lipinski definition) is 1. The van der Waals surface area contributed by atoms with E-state index in [2.05, 4.69) is 35.8 Å². The first-order valence-electron chi connectivity index (χ1n) is 6.12. The van der Waals surface area contributed by atoms with Gasteiger partial charge in [0.2, 0.25) is 0 Å². The molecule has 0 aliphatic heterocycles. The summed E-state index contributed by atoms with van der Waals surface area (Å²) in [4.78, 5) is 0. The van der Waals surface area contributed by atoms with Crippen molar-refractivity contribution in [2.24, 2.45) is 0 Å². The summed E-state index contributed by atoms with van der Waals surface area (Å²) < 4.78 is 0.987. The fraction of sp³-hybridized carbons (Fsp3) is 0.250. The Balaban J connectivity index is 2.43. The summed E-state index contributed by atoms with van der Waals surface area (Å²) in [5.41, 5.74) is 3.10. The molecule has 0 fully saturated rings. The monoisotopic (exact) mass is 304 g/mol. The standard InChI is InChI=1S/C16H17BrO/c1-11(2)14-8-3-4-9-15(14)16(18)12-6-5-7-13(17)10-12/h3-11,16,18H,1-2H3/t16-/m1/s1. The van der Waals surface area contributed by atoms with Gasteiger partial charge in [-0.15, -0.1) is 0 Å². The minimum Gasteiger partial charge on any atom is -0.384 e. The lowest BCUT2D eigenvalue weighted by Crippen LogP contribution is -2.04. The Bertz CT molecular complexity index is 534. The van der Waals surface area contributed by atoms with Crippen LogP contribution in [0.15, 0.2) is 53.0 Å². The van der Waals surface area contributed by atoms with E-state index in [1.807, 2.05) is 42.5 Å². The third kappa shape index (κ3) is 2.82. The van der Waals surface area contributed by atoms with E-state index in [-0.39, 0.29) is 0 Å². The molecule has 0 unspecified atom stereocenters. The van der Waals surface area contributed by atoms with Crippen molar-refractivity contribution in [3.8, 4) is 0 Å². The van der Waals surface area contributed by atoms with Crippen molar-refractivity contribution in [3.05, 3.63) is 69.7 Å². The highest BCUT2D eigenvalue weighted by molar-refractivity contribution is 9.10. The molecule has 0 saturated carbocycles. The zero-order valence-electron chi connectivity index (χ0n) is 10.6. The van der Waals surface area contributed by atoms with Crippen molar-refractivity contribution in [1.29, 1.82) is 0 Å². The van der Waals surface area contributed by atoms with Gasteiger partial charge in [-0.1, -0.05) is 66.2 Å². The Morgan fingerprint density at radius 2 is 1.61 bits per heavy atom. The van der Waals surface area contributed by atoms with Gasteiger partial charge in [-0.3, -0.25) is 0 Å². The summed E-state index contributed by atoms with van der Waals surface area (Å²) in [5, 5.41) is 10.5. The van der Waals surface area contributed by atoms with Crippen LogP contribution in [-0.2, 0) is 0 Å². The lowest BCUT2D eigenvalue weighted by molar-refractivity contribution is 0.218. The summed E-state index contributed by atoms with van der Waals surface area (Å²) in [6.07, 6.45) is -0.568. The number of benzene rings is 2. The zero-order chi connectivity index (χ0) is 13.1. The summed E-state index contributed by atoms with van der Waals surface area (Å²) in [6.45, 7) is 4.29. The molecule has 94 valence electrons. The first-order chi connectivity index (χ1) is 8.59. The quantitative estimate of drug-likeness (QED) is 0.875. The molecular formula is C16H17BrO. The van der Waals surface area contributed by atoms with Gasteiger partial charge in [0, 0.05) is 4.47 Å². The zero-order valence-corrected chi connectivity index (χ0v) is 12.2. The second-order valence-corrected chi connectivity index (χ2v) is 5.66. The molecule has 0 amide bonds. The molecule has 0 bridgehead atoms. The first kappa shape index (κ1) is 13.3. The molecule has 2 aromatic carbocycles. The molecule has 0 spiro atoms. The molecule has 1 atom stereocenters. The highest BCUT2D eigenvalue weighted by Crippen LogP contribution is 2.30. The molecule has 18 heavy (non-hydrogen) atoms. The molecule has 0 aliphatic rings. The Morgan fingerprint density at radius 1 is 0.944 bits per heavy atom. The molecular weight excluding hydrogens is 288 g/mol. The van der Waals surface area contributed by atoms with E-state index in [0.717, 1.165) is 15.6 Å². The van der Waals surface area contributed by atoms with Crippen molar-refractivity contribution < 1.29 is 5.11 Å². The van der Waals surface area contributed by atoms with Crippen LogP contribution in [0.5, 0.6) is 0 Å². The molecule has 1 N–H and O–H groups in total. The van der Waals surface area contributed by atoms with Crippen LogP contribution in [0.2, 0.25) is 0 Å². The number of rotatable bonds is 3. The van der Waals surface area contributed by atoms with Crippen molar-refractivity contribution in [3.63, 3.8) is 0 Å². The fourth-order valence-corrected chi connectivity index (χ4v) is 2.56. The third-order valence-corrected chi connectivity index (χ3v) is 3.57. The van der Waals surface area contributed by atoms with Gasteiger partial charge in [-0.05, 0) is 34.7 Å². The molecule has 0 radical (unpaired) electrons. The topological polar surface area (TPSA) is 20.2 Å². The Kier molecular flexibility index (Phi) is 4.20. The molecule has 0 heterocycles. The molecule has 0 aliphatic carbocycles. The maximum absolute atomic E-state index is 10.5. The first-order valence-corrected chi connectivity index (χ1v) is 6.91. The van der Waals surface area contributed by atoms with E-state index in [1.165, 1.54) is 5.56 Å². The number of aliphatic hydroxyl groups is 1. The molecule has 2 rings (SSSR count). The molecule has 0 aromatic heterocycles. The minimum atomic E-state index is -0.568. The molecule has 2 heteroatoms. The predicted molar refractivity (Wildman–Crippen MR) is 78.7 cm³/mol. The van der Waals surface area contributed by atoms with Crippen LogP contribution < -0.4 is 0 Å². The van der Waals surface area contributed by atoms with Gasteiger partial charge in [0.05, 0.1) is 0 Å². The van der Waals surface area contributed by atoms with Crippen LogP contribution >= 0.6 is 15.9 Å². The van der Waals surface area contributed by atoms with E-state index in [4.69, 9.17) is 0 Å². The van der Waals surface area contributed by atoms with Gasteiger partial charge in [0.1, 0.15) is 6.10 Å². The molecule has 1 nitrogen and oxygen atoms in total.